The van der Waals surface area contributed by atoms with Crippen LogP contribution in [0.15, 0.2) is 84.9 Å². The summed E-state index contributed by atoms with van der Waals surface area (Å²) in [6.45, 7) is 4.42. The smallest absolute Gasteiger partial charge is 0.157 e. The molecular weight excluding hydrogens is 306 g/mol. The first-order chi connectivity index (χ1) is 12.3. The van der Waals surface area contributed by atoms with Crippen LogP contribution < -0.4 is 4.90 Å². The highest BCUT2D eigenvalue weighted by atomic mass is 16.5. The summed E-state index contributed by atoms with van der Waals surface area (Å²) in [5.41, 5.74) is 4.93. The Bertz CT molecular complexity index is 831. The second kappa shape index (κ2) is 6.73. The van der Waals surface area contributed by atoms with Crippen LogP contribution in [0.3, 0.4) is 0 Å². The van der Waals surface area contributed by atoms with E-state index >= 15 is 0 Å². The molecule has 4 rings (SSSR count). The first-order valence-electron chi connectivity index (χ1n) is 8.85. The molecule has 1 saturated heterocycles. The van der Waals surface area contributed by atoms with Gasteiger partial charge in [-0.15, -0.1) is 0 Å². The fourth-order valence-corrected chi connectivity index (χ4v) is 3.73. The number of benzene rings is 3. The number of aryl methyl sites for hydroxylation is 1. The van der Waals surface area contributed by atoms with Gasteiger partial charge in [-0.2, -0.15) is 0 Å². The topological polar surface area (TPSA) is 12.5 Å². The fourth-order valence-electron chi connectivity index (χ4n) is 3.73. The molecule has 3 atom stereocenters. The van der Waals surface area contributed by atoms with E-state index in [2.05, 4.69) is 104 Å². The predicted molar refractivity (Wildman–Crippen MR) is 103 cm³/mol. The van der Waals surface area contributed by atoms with Gasteiger partial charge >= 0.3 is 0 Å². The number of para-hydroxylation sites is 1. The van der Waals surface area contributed by atoms with Crippen molar-refractivity contribution >= 4 is 5.69 Å². The van der Waals surface area contributed by atoms with Crippen LogP contribution in [-0.4, -0.2) is 6.04 Å². The average molecular weight is 329 g/mol. The van der Waals surface area contributed by atoms with Gasteiger partial charge < -0.3 is 9.64 Å². The highest BCUT2D eigenvalue weighted by Gasteiger charge is 2.41. The summed E-state index contributed by atoms with van der Waals surface area (Å²) in [7, 11) is 0. The van der Waals surface area contributed by atoms with Crippen molar-refractivity contribution in [2.75, 3.05) is 4.90 Å². The molecule has 0 aliphatic carbocycles. The highest BCUT2D eigenvalue weighted by Crippen LogP contribution is 2.45. The Morgan fingerprint density at radius 1 is 0.720 bits per heavy atom. The minimum Gasteiger partial charge on any atom is -0.344 e. The fraction of sp³-hybridized carbons (Fsp3) is 0.217. The Labute approximate surface area is 149 Å². The van der Waals surface area contributed by atoms with Crippen molar-refractivity contribution in [1.29, 1.82) is 0 Å². The average Bonchev–Trinajstić information content (AvgIpc) is 3.01. The number of hydrogen-bond donors (Lipinski definition) is 0. The molecule has 1 aliphatic heterocycles. The lowest BCUT2D eigenvalue weighted by atomic mass is 10.0. The normalized spacial score (nSPS) is 23.0. The van der Waals surface area contributed by atoms with Crippen LogP contribution in [0.2, 0.25) is 0 Å². The standard InChI is InChI=1S/C23H23NO/c1-17-11-9-10-16-21(17)24-18(2)22(19-12-5-3-6-13-19)25-23(24)20-14-7-4-8-15-20/h3-16,18,22-23H,1-2H3/t18-,22?,23?/m0/s1. The number of ether oxygens (including phenoxy) is 1. The van der Waals surface area contributed by atoms with Crippen LogP contribution in [0.5, 0.6) is 0 Å². The zero-order valence-electron chi connectivity index (χ0n) is 14.7. The molecule has 0 radical (unpaired) electrons. The molecule has 25 heavy (non-hydrogen) atoms. The van der Waals surface area contributed by atoms with E-state index in [1.54, 1.807) is 0 Å². The maximum atomic E-state index is 6.59. The van der Waals surface area contributed by atoms with Gasteiger partial charge in [0.1, 0.15) is 6.10 Å². The number of rotatable bonds is 3. The van der Waals surface area contributed by atoms with Gasteiger partial charge in [0.15, 0.2) is 6.23 Å². The Morgan fingerprint density at radius 3 is 1.92 bits per heavy atom. The summed E-state index contributed by atoms with van der Waals surface area (Å²) >= 11 is 0. The molecule has 2 heteroatoms. The third kappa shape index (κ3) is 2.94. The van der Waals surface area contributed by atoms with E-state index in [4.69, 9.17) is 4.74 Å². The van der Waals surface area contributed by atoms with Crippen LogP contribution in [0.4, 0.5) is 5.69 Å². The molecule has 3 aromatic carbocycles. The zero-order valence-corrected chi connectivity index (χ0v) is 14.7. The Kier molecular flexibility index (Phi) is 4.29. The minimum atomic E-state index is -0.0810. The van der Waals surface area contributed by atoms with Crippen molar-refractivity contribution in [2.45, 2.75) is 32.2 Å². The van der Waals surface area contributed by atoms with E-state index in [-0.39, 0.29) is 18.4 Å². The van der Waals surface area contributed by atoms with Crippen LogP contribution in [0.25, 0.3) is 0 Å². The molecule has 0 bridgehead atoms. The van der Waals surface area contributed by atoms with E-state index in [1.807, 2.05) is 0 Å². The second-order valence-corrected chi connectivity index (χ2v) is 6.66. The van der Waals surface area contributed by atoms with Crippen molar-refractivity contribution in [2.24, 2.45) is 0 Å². The maximum absolute atomic E-state index is 6.59. The molecule has 0 saturated carbocycles. The van der Waals surface area contributed by atoms with Gasteiger partial charge in [-0.1, -0.05) is 78.9 Å². The van der Waals surface area contributed by atoms with Crippen molar-refractivity contribution in [3.8, 4) is 0 Å². The van der Waals surface area contributed by atoms with Gasteiger partial charge in [-0.25, -0.2) is 0 Å². The SMILES string of the molecule is Cc1ccccc1N1C(c2ccccc2)OC(c2ccccc2)[C@@H]1C. The molecule has 3 aromatic rings. The molecule has 0 amide bonds. The van der Waals surface area contributed by atoms with Crippen molar-refractivity contribution in [1.82, 2.24) is 0 Å². The molecule has 2 unspecified atom stereocenters. The summed E-state index contributed by atoms with van der Waals surface area (Å²) in [6, 6.07) is 29.8. The zero-order chi connectivity index (χ0) is 17.2. The molecule has 1 heterocycles. The summed E-state index contributed by atoms with van der Waals surface area (Å²) in [5, 5.41) is 0. The van der Waals surface area contributed by atoms with Crippen LogP contribution in [-0.2, 0) is 4.74 Å². The lowest BCUT2D eigenvalue weighted by molar-refractivity contribution is 0.0417. The molecule has 1 aliphatic rings. The molecule has 2 nitrogen and oxygen atoms in total. The van der Waals surface area contributed by atoms with Crippen LogP contribution >= 0.6 is 0 Å². The maximum Gasteiger partial charge on any atom is 0.157 e. The third-order valence-corrected chi connectivity index (χ3v) is 5.01. The van der Waals surface area contributed by atoms with E-state index < -0.39 is 0 Å². The lowest BCUT2D eigenvalue weighted by Crippen LogP contribution is -2.31. The minimum absolute atomic E-state index is 0.0472. The summed E-state index contributed by atoms with van der Waals surface area (Å²) < 4.78 is 6.59. The third-order valence-electron chi connectivity index (χ3n) is 5.01. The van der Waals surface area contributed by atoms with Crippen LogP contribution in [0.1, 0.15) is 35.9 Å². The van der Waals surface area contributed by atoms with E-state index in [1.165, 1.54) is 22.4 Å². The van der Waals surface area contributed by atoms with Crippen molar-refractivity contribution < 1.29 is 4.74 Å². The Balaban J connectivity index is 1.79. The quantitative estimate of drug-likeness (QED) is 0.615. The largest absolute Gasteiger partial charge is 0.344 e. The molecule has 0 aromatic heterocycles. The van der Waals surface area contributed by atoms with Gasteiger partial charge in [0.2, 0.25) is 0 Å². The van der Waals surface area contributed by atoms with Gasteiger partial charge in [-0.3, -0.25) is 0 Å². The number of anilines is 1. The molecule has 126 valence electrons. The van der Waals surface area contributed by atoms with Crippen molar-refractivity contribution in [3.05, 3.63) is 102 Å². The number of hydrogen-bond acceptors (Lipinski definition) is 2. The van der Waals surface area contributed by atoms with E-state index in [9.17, 15) is 0 Å². The van der Waals surface area contributed by atoms with E-state index in [0.29, 0.717) is 0 Å². The Morgan fingerprint density at radius 2 is 1.28 bits per heavy atom. The lowest BCUT2D eigenvalue weighted by Gasteiger charge is -2.30. The predicted octanol–water partition coefficient (Wildman–Crippen LogP) is 5.66. The highest BCUT2D eigenvalue weighted by molar-refractivity contribution is 5.56. The monoisotopic (exact) mass is 329 g/mol. The molecule has 0 N–H and O–H groups in total. The first kappa shape index (κ1) is 15.9. The first-order valence-corrected chi connectivity index (χ1v) is 8.85. The summed E-state index contributed by atoms with van der Waals surface area (Å²) in [6.07, 6.45) is -0.0338. The van der Waals surface area contributed by atoms with Gasteiger partial charge in [-0.05, 0) is 31.0 Å². The number of nitrogens with zero attached hydrogens (tertiary/aromatic N) is 1. The Hall–Kier alpha value is -2.58. The van der Waals surface area contributed by atoms with Gasteiger partial charge in [0.05, 0.1) is 6.04 Å². The van der Waals surface area contributed by atoms with E-state index in [0.717, 1.165) is 0 Å². The van der Waals surface area contributed by atoms with Gasteiger partial charge in [0, 0.05) is 11.3 Å². The molecular formula is C23H23NO. The molecule has 1 fully saturated rings. The summed E-state index contributed by atoms with van der Waals surface area (Å²) in [5.74, 6) is 0. The molecule has 0 spiro atoms. The van der Waals surface area contributed by atoms with Crippen molar-refractivity contribution in [3.63, 3.8) is 0 Å². The second-order valence-electron chi connectivity index (χ2n) is 6.66. The summed E-state index contributed by atoms with van der Waals surface area (Å²) in [4.78, 5) is 2.42. The van der Waals surface area contributed by atoms with Crippen LogP contribution in [0, 0.1) is 6.92 Å². The van der Waals surface area contributed by atoms with Gasteiger partial charge in [0.25, 0.3) is 0 Å².